The van der Waals surface area contributed by atoms with Crippen LogP contribution < -0.4 is 0 Å². The molecule has 0 saturated heterocycles. The third-order valence-corrected chi connectivity index (χ3v) is 5.79. The Hall–Kier alpha value is -2.28. The third-order valence-electron chi connectivity index (χ3n) is 5.79. The maximum Gasteiger partial charge on any atom is 0.251 e. The van der Waals surface area contributed by atoms with Crippen molar-refractivity contribution in [3.63, 3.8) is 0 Å². The SMILES string of the molecule is CCCCCCc1ccc([C@H]2CC[C@H](C#Cc3cc(F)c(F)nc3F)CC2)cc1. The molecule has 1 aromatic heterocycles. The van der Waals surface area contributed by atoms with Gasteiger partial charge in [0.05, 0.1) is 5.56 Å². The molecule has 1 fully saturated rings. The summed E-state index contributed by atoms with van der Waals surface area (Å²) in [5.74, 6) is 2.69. The number of benzene rings is 1. The number of unbranched alkanes of at least 4 members (excludes halogenated alkanes) is 3. The highest BCUT2D eigenvalue weighted by Gasteiger charge is 2.21. The van der Waals surface area contributed by atoms with Crippen molar-refractivity contribution >= 4 is 0 Å². The molecule has 29 heavy (non-hydrogen) atoms. The monoisotopic (exact) mass is 399 g/mol. The summed E-state index contributed by atoms with van der Waals surface area (Å²) in [6.07, 6.45) is 10.2. The molecule has 0 unspecified atom stereocenters. The van der Waals surface area contributed by atoms with Crippen LogP contribution in [-0.4, -0.2) is 4.98 Å². The van der Waals surface area contributed by atoms with Gasteiger partial charge >= 0.3 is 0 Å². The van der Waals surface area contributed by atoms with Crippen LogP contribution in [0.25, 0.3) is 0 Å². The number of nitrogens with zero attached hydrogens (tertiary/aromatic N) is 1. The molecule has 1 saturated carbocycles. The number of aryl methyl sites for hydroxylation is 1. The minimum absolute atomic E-state index is 0.150. The van der Waals surface area contributed by atoms with Gasteiger partial charge in [-0.15, -0.1) is 0 Å². The molecule has 4 heteroatoms. The Bertz CT molecular complexity index is 856. The highest BCUT2D eigenvalue weighted by Crippen LogP contribution is 2.35. The molecule has 1 aliphatic rings. The number of hydrogen-bond donors (Lipinski definition) is 0. The van der Waals surface area contributed by atoms with E-state index in [0.29, 0.717) is 5.92 Å². The number of hydrogen-bond acceptors (Lipinski definition) is 1. The molecule has 1 nitrogen and oxygen atoms in total. The number of pyridine rings is 1. The van der Waals surface area contributed by atoms with Gasteiger partial charge in [0, 0.05) is 5.92 Å². The predicted octanol–water partition coefficient (Wildman–Crippen LogP) is 6.95. The highest BCUT2D eigenvalue weighted by atomic mass is 19.2. The fourth-order valence-corrected chi connectivity index (χ4v) is 4.00. The van der Waals surface area contributed by atoms with Gasteiger partial charge in [0.2, 0.25) is 5.95 Å². The van der Waals surface area contributed by atoms with E-state index in [1.807, 2.05) is 0 Å². The van der Waals surface area contributed by atoms with Crippen LogP contribution in [0.1, 0.15) is 80.9 Å². The lowest BCUT2D eigenvalue weighted by atomic mass is 9.78. The van der Waals surface area contributed by atoms with Gasteiger partial charge in [-0.25, -0.2) is 4.39 Å². The van der Waals surface area contributed by atoms with E-state index in [2.05, 4.69) is 48.0 Å². The van der Waals surface area contributed by atoms with Crippen molar-refractivity contribution in [3.05, 3.63) is 64.7 Å². The largest absolute Gasteiger partial charge is 0.251 e. The Balaban J connectivity index is 1.51. The lowest BCUT2D eigenvalue weighted by molar-refractivity contribution is 0.384. The molecule has 154 valence electrons. The van der Waals surface area contributed by atoms with E-state index >= 15 is 0 Å². The van der Waals surface area contributed by atoms with Crippen molar-refractivity contribution in [1.29, 1.82) is 0 Å². The van der Waals surface area contributed by atoms with Gasteiger partial charge in [-0.05, 0) is 61.6 Å². The lowest BCUT2D eigenvalue weighted by Crippen LogP contribution is -2.12. The van der Waals surface area contributed by atoms with Crippen molar-refractivity contribution in [1.82, 2.24) is 4.98 Å². The molecule has 0 N–H and O–H groups in total. The number of rotatable bonds is 6. The van der Waals surface area contributed by atoms with Gasteiger partial charge in [0.25, 0.3) is 5.95 Å². The molecule has 0 aliphatic heterocycles. The molecular weight excluding hydrogens is 371 g/mol. The number of aromatic nitrogens is 1. The van der Waals surface area contributed by atoms with Crippen LogP contribution in [0.5, 0.6) is 0 Å². The fraction of sp³-hybridized carbons (Fsp3) is 0.480. The van der Waals surface area contributed by atoms with Gasteiger partial charge < -0.3 is 0 Å². The van der Waals surface area contributed by atoms with Crippen LogP contribution in [-0.2, 0) is 6.42 Å². The zero-order valence-corrected chi connectivity index (χ0v) is 17.0. The Labute approximate surface area is 171 Å². The number of halogens is 3. The van der Waals surface area contributed by atoms with Crippen molar-refractivity contribution in [3.8, 4) is 11.8 Å². The standard InChI is InChI=1S/C25H28F3N/c1-2-3-4-5-6-18-7-12-20(13-8-18)21-14-9-19(10-15-21)11-16-22-17-23(26)25(28)29-24(22)27/h7-8,12-13,17,19,21H,2-6,9-10,14-15H2,1H3/t19-,21-. The second kappa shape index (κ2) is 10.5. The minimum atomic E-state index is -1.43. The van der Waals surface area contributed by atoms with Gasteiger partial charge in [-0.2, -0.15) is 13.8 Å². The zero-order valence-electron chi connectivity index (χ0n) is 17.0. The highest BCUT2D eigenvalue weighted by molar-refractivity contribution is 5.34. The van der Waals surface area contributed by atoms with Gasteiger partial charge in [0.15, 0.2) is 5.82 Å². The van der Waals surface area contributed by atoms with Crippen LogP contribution in [0.3, 0.4) is 0 Å². The summed E-state index contributed by atoms with van der Waals surface area (Å²) in [6.45, 7) is 2.23. The summed E-state index contributed by atoms with van der Waals surface area (Å²) in [6, 6.07) is 9.81. The summed E-state index contributed by atoms with van der Waals surface area (Å²) < 4.78 is 39.7. The summed E-state index contributed by atoms with van der Waals surface area (Å²) in [5, 5.41) is 0. The molecule has 2 aromatic rings. The summed E-state index contributed by atoms with van der Waals surface area (Å²) >= 11 is 0. The third kappa shape index (κ3) is 6.10. The van der Waals surface area contributed by atoms with Crippen LogP contribution in [0, 0.1) is 35.5 Å². The maximum atomic E-state index is 13.6. The van der Waals surface area contributed by atoms with Crippen LogP contribution in [0.4, 0.5) is 13.2 Å². The molecule has 0 spiro atoms. The lowest BCUT2D eigenvalue weighted by Gasteiger charge is -2.26. The quantitative estimate of drug-likeness (QED) is 0.291. The fourth-order valence-electron chi connectivity index (χ4n) is 4.00. The zero-order chi connectivity index (χ0) is 20.6. The first-order valence-electron chi connectivity index (χ1n) is 10.7. The average molecular weight is 400 g/mol. The van der Waals surface area contributed by atoms with E-state index < -0.39 is 17.7 Å². The molecule has 3 rings (SSSR count). The van der Waals surface area contributed by atoms with Gasteiger partial charge in [0.1, 0.15) is 0 Å². The van der Waals surface area contributed by atoms with Crippen LogP contribution >= 0.6 is 0 Å². The van der Waals surface area contributed by atoms with Gasteiger partial charge in [-0.3, -0.25) is 0 Å². The topological polar surface area (TPSA) is 12.9 Å². The normalized spacial score (nSPS) is 18.9. The second-order valence-corrected chi connectivity index (χ2v) is 7.97. The molecule has 1 aromatic carbocycles. The Morgan fingerprint density at radius 2 is 1.66 bits per heavy atom. The first-order chi connectivity index (χ1) is 14.1. The summed E-state index contributed by atoms with van der Waals surface area (Å²) in [4.78, 5) is 2.91. The minimum Gasteiger partial charge on any atom is -0.202 e. The first kappa shape index (κ1) is 21.4. The molecule has 0 atom stereocenters. The van der Waals surface area contributed by atoms with Crippen molar-refractivity contribution in [2.75, 3.05) is 0 Å². The van der Waals surface area contributed by atoms with E-state index in [4.69, 9.17) is 0 Å². The van der Waals surface area contributed by atoms with Crippen molar-refractivity contribution < 1.29 is 13.2 Å². The smallest absolute Gasteiger partial charge is 0.202 e. The summed E-state index contributed by atoms with van der Waals surface area (Å²) in [5.41, 5.74) is 2.61. The molecule has 0 radical (unpaired) electrons. The average Bonchev–Trinajstić information content (AvgIpc) is 2.74. The summed E-state index contributed by atoms with van der Waals surface area (Å²) in [7, 11) is 0. The Morgan fingerprint density at radius 1 is 0.931 bits per heavy atom. The van der Waals surface area contributed by atoms with E-state index in [-0.39, 0.29) is 11.5 Å². The van der Waals surface area contributed by atoms with Crippen molar-refractivity contribution in [2.24, 2.45) is 5.92 Å². The van der Waals surface area contributed by atoms with Crippen LogP contribution in [0.15, 0.2) is 30.3 Å². The molecule has 1 aliphatic carbocycles. The predicted molar refractivity (Wildman–Crippen MR) is 110 cm³/mol. The Morgan fingerprint density at radius 3 is 2.34 bits per heavy atom. The van der Waals surface area contributed by atoms with E-state index in [0.717, 1.165) is 38.2 Å². The van der Waals surface area contributed by atoms with E-state index in [9.17, 15) is 13.2 Å². The first-order valence-corrected chi connectivity index (χ1v) is 10.7. The maximum absolute atomic E-state index is 13.6. The second-order valence-electron chi connectivity index (χ2n) is 7.97. The van der Waals surface area contributed by atoms with E-state index in [1.54, 1.807) is 0 Å². The van der Waals surface area contributed by atoms with E-state index in [1.165, 1.54) is 36.8 Å². The van der Waals surface area contributed by atoms with Gasteiger partial charge in [-0.1, -0.05) is 62.3 Å². The molecule has 0 amide bonds. The Kier molecular flexibility index (Phi) is 7.75. The molecular formula is C25H28F3N. The van der Waals surface area contributed by atoms with Crippen molar-refractivity contribution in [2.45, 2.75) is 70.6 Å². The van der Waals surface area contributed by atoms with Crippen LogP contribution in [0.2, 0.25) is 0 Å². The molecule has 1 heterocycles. The molecule has 0 bridgehead atoms.